The summed E-state index contributed by atoms with van der Waals surface area (Å²) >= 11 is 1.65. The highest BCUT2D eigenvalue weighted by Crippen LogP contribution is 2.33. The van der Waals surface area contributed by atoms with Gasteiger partial charge in [0.25, 0.3) is 0 Å². The van der Waals surface area contributed by atoms with Crippen LogP contribution >= 0.6 is 11.8 Å². The van der Waals surface area contributed by atoms with Gasteiger partial charge in [0.2, 0.25) is 0 Å². The van der Waals surface area contributed by atoms with Crippen LogP contribution in [0.3, 0.4) is 0 Å². The molecule has 0 bridgehead atoms. The van der Waals surface area contributed by atoms with E-state index in [1.807, 2.05) is 33.1 Å². The Morgan fingerprint density at radius 2 is 1.93 bits per heavy atom. The average molecular weight is 211 g/mol. The Morgan fingerprint density at radius 3 is 2.36 bits per heavy atom. The van der Waals surface area contributed by atoms with Crippen LogP contribution in [-0.2, 0) is 5.54 Å². The van der Waals surface area contributed by atoms with E-state index >= 15 is 0 Å². The van der Waals surface area contributed by atoms with Crippen molar-refractivity contribution in [2.45, 2.75) is 31.2 Å². The Kier molecular flexibility index (Phi) is 3.12. The molecule has 0 aliphatic heterocycles. The van der Waals surface area contributed by atoms with E-state index in [-0.39, 0.29) is 0 Å². The van der Waals surface area contributed by atoms with E-state index < -0.39 is 5.54 Å². The number of nitrogens with two attached hydrogens (primary N) is 1. The summed E-state index contributed by atoms with van der Waals surface area (Å²) in [6, 6.07) is 3.74. The van der Waals surface area contributed by atoms with Gasteiger partial charge in [-0.2, -0.15) is 0 Å². The number of aryl methyl sites for hydroxylation is 1. The van der Waals surface area contributed by atoms with Gasteiger partial charge >= 0.3 is 0 Å². The molecule has 0 amide bonds. The molecule has 0 radical (unpaired) electrons. The number of benzene rings is 1. The molecular formula is C11H17NOS. The Labute approximate surface area is 89.5 Å². The van der Waals surface area contributed by atoms with Crippen LogP contribution in [0.25, 0.3) is 0 Å². The number of thioether (sulfide) groups is 1. The second-order valence-electron chi connectivity index (χ2n) is 4.06. The average Bonchev–Trinajstić information content (AvgIpc) is 2.07. The Balaban J connectivity index is 3.35. The minimum atomic E-state index is -0.413. The summed E-state index contributed by atoms with van der Waals surface area (Å²) in [5.74, 6) is 0.316. The van der Waals surface area contributed by atoms with Crippen molar-refractivity contribution in [1.29, 1.82) is 0 Å². The fourth-order valence-electron chi connectivity index (χ4n) is 1.34. The van der Waals surface area contributed by atoms with Gasteiger partial charge in [0.1, 0.15) is 5.75 Å². The highest BCUT2D eigenvalue weighted by molar-refractivity contribution is 7.98. The lowest BCUT2D eigenvalue weighted by atomic mass is 9.94. The van der Waals surface area contributed by atoms with Crippen molar-refractivity contribution >= 4 is 11.8 Å². The van der Waals surface area contributed by atoms with Crippen LogP contribution in [0.4, 0.5) is 0 Å². The van der Waals surface area contributed by atoms with Crippen molar-refractivity contribution in [3.63, 3.8) is 0 Å². The van der Waals surface area contributed by atoms with E-state index in [0.29, 0.717) is 5.75 Å². The Hall–Kier alpha value is -0.670. The first-order chi connectivity index (χ1) is 6.36. The molecule has 0 aliphatic carbocycles. The molecule has 0 saturated carbocycles. The van der Waals surface area contributed by atoms with E-state index in [4.69, 9.17) is 5.73 Å². The monoisotopic (exact) mass is 211 g/mol. The molecule has 2 nitrogen and oxygen atoms in total. The molecule has 1 rings (SSSR count). The number of hydrogen-bond donors (Lipinski definition) is 2. The summed E-state index contributed by atoms with van der Waals surface area (Å²) in [5, 5.41) is 9.62. The van der Waals surface area contributed by atoms with Gasteiger partial charge in [-0.25, -0.2) is 0 Å². The van der Waals surface area contributed by atoms with Crippen LogP contribution in [0.15, 0.2) is 17.0 Å². The van der Waals surface area contributed by atoms with Gasteiger partial charge in [-0.05, 0) is 50.3 Å². The molecule has 0 fully saturated rings. The molecule has 0 aromatic heterocycles. The van der Waals surface area contributed by atoms with Gasteiger partial charge in [0.05, 0.1) is 0 Å². The van der Waals surface area contributed by atoms with E-state index in [2.05, 4.69) is 0 Å². The first-order valence-electron chi connectivity index (χ1n) is 4.53. The molecule has 0 atom stereocenters. The molecule has 14 heavy (non-hydrogen) atoms. The lowest BCUT2D eigenvalue weighted by Gasteiger charge is -2.23. The zero-order valence-corrected chi connectivity index (χ0v) is 9.90. The van der Waals surface area contributed by atoms with Crippen LogP contribution in [-0.4, -0.2) is 11.4 Å². The molecule has 0 heterocycles. The van der Waals surface area contributed by atoms with Crippen molar-refractivity contribution in [2.24, 2.45) is 5.73 Å². The van der Waals surface area contributed by atoms with Crippen molar-refractivity contribution < 1.29 is 5.11 Å². The standard InChI is InChI=1S/C11H17NOS/c1-7-5-10(14-4)8(6-9(7)13)11(2,3)12/h5-6,13H,12H2,1-4H3. The fraction of sp³-hybridized carbons (Fsp3) is 0.455. The minimum Gasteiger partial charge on any atom is -0.508 e. The highest BCUT2D eigenvalue weighted by Gasteiger charge is 2.19. The third-order valence-corrected chi connectivity index (χ3v) is 2.99. The van der Waals surface area contributed by atoms with Crippen LogP contribution < -0.4 is 5.73 Å². The molecule has 1 aromatic carbocycles. The molecule has 3 heteroatoms. The maximum atomic E-state index is 9.62. The maximum Gasteiger partial charge on any atom is 0.118 e. The predicted octanol–water partition coefficient (Wildman–Crippen LogP) is 2.62. The number of phenolic OH excluding ortho intramolecular Hbond substituents is 1. The third-order valence-electron chi connectivity index (χ3n) is 2.21. The number of hydrogen-bond acceptors (Lipinski definition) is 3. The zero-order chi connectivity index (χ0) is 10.9. The second-order valence-corrected chi connectivity index (χ2v) is 4.91. The molecule has 78 valence electrons. The van der Waals surface area contributed by atoms with Gasteiger partial charge in [-0.1, -0.05) is 0 Å². The Morgan fingerprint density at radius 1 is 1.36 bits per heavy atom. The lowest BCUT2D eigenvalue weighted by molar-refractivity contribution is 0.463. The van der Waals surface area contributed by atoms with Gasteiger partial charge in [-0.15, -0.1) is 11.8 Å². The molecule has 0 spiro atoms. The van der Waals surface area contributed by atoms with E-state index in [9.17, 15) is 5.11 Å². The van der Waals surface area contributed by atoms with Crippen molar-refractivity contribution in [1.82, 2.24) is 0 Å². The summed E-state index contributed by atoms with van der Waals surface area (Å²) in [5.41, 5.74) is 7.50. The highest BCUT2D eigenvalue weighted by atomic mass is 32.2. The molecule has 1 aromatic rings. The van der Waals surface area contributed by atoms with E-state index in [0.717, 1.165) is 16.0 Å². The van der Waals surface area contributed by atoms with Crippen molar-refractivity contribution in [3.8, 4) is 5.75 Å². The van der Waals surface area contributed by atoms with E-state index in [1.54, 1.807) is 17.8 Å². The summed E-state index contributed by atoms with van der Waals surface area (Å²) in [6.07, 6.45) is 2.01. The second kappa shape index (κ2) is 3.83. The fourth-order valence-corrected chi connectivity index (χ4v) is 2.18. The quantitative estimate of drug-likeness (QED) is 0.739. The van der Waals surface area contributed by atoms with Gasteiger partial charge < -0.3 is 10.8 Å². The van der Waals surface area contributed by atoms with Crippen LogP contribution in [0, 0.1) is 6.92 Å². The van der Waals surface area contributed by atoms with E-state index in [1.165, 1.54) is 0 Å². The normalized spacial score (nSPS) is 11.8. The van der Waals surface area contributed by atoms with Gasteiger partial charge in [-0.3, -0.25) is 0 Å². The SMILES string of the molecule is CSc1cc(C)c(O)cc1C(C)(C)N. The third kappa shape index (κ3) is 2.22. The summed E-state index contributed by atoms with van der Waals surface area (Å²) in [6.45, 7) is 5.77. The summed E-state index contributed by atoms with van der Waals surface area (Å²) in [4.78, 5) is 1.13. The smallest absolute Gasteiger partial charge is 0.118 e. The van der Waals surface area contributed by atoms with Crippen molar-refractivity contribution in [2.75, 3.05) is 6.26 Å². The minimum absolute atomic E-state index is 0.316. The largest absolute Gasteiger partial charge is 0.508 e. The molecule has 0 saturated heterocycles. The first kappa shape index (κ1) is 11.4. The number of rotatable bonds is 2. The Bertz CT molecular complexity index is 342. The summed E-state index contributed by atoms with van der Waals surface area (Å²) < 4.78 is 0. The molecular weight excluding hydrogens is 194 g/mol. The van der Waals surface area contributed by atoms with Crippen LogP contribution in [0.2, 0.25) is 0 Å². The van der Waals surface area contributed by atoms with Gasteiger partial charge in [0.15, 0.2) is 0 Å². The van der Waals surface area contributed by atoms with Crippen LogP contribution in [0.5, 0.6) is 5.75 Å². The first-order valence-corrected chi connectivity index (χ1v) is 5.75. The molecule has 0 aliphatic rings. The number of phenols is 1. The van der Waals surface area contributed by atoms with Gasteiger partial charge in [0, 0.05) is 10.4 Å². The maximum absolute atomic E-state index is 9.62. The number of aromatic hydroxyl groups is 1. The molecule has 0 unspecified atom stereocenters. The predicted molar refractivity (Wildman–Crippen MR) is 61.8 cm³/mol. The molecule has 3 N–H and O–H groups in total. The zero-order valence-electron chi connectivity index (χ0n) is 9.09. The lowest BCUT2D eigenvalue weighted by Crippen LogP contribution is -2.29. The topological polar surface area (TPSA) is 46.2 Å². The van der Waals surface area contributed by atoms with Crippen molar-refractivity contribution in [3.05, 3.63) is 23.3 Å². The van der Waals surface area contributed by atoms with Crippen LogP contribution in [0.1, 0.15) is 25.0 Å². The summed E-state index contributed by atoms with van der Waals surface area (Å²) in [7, 11) is 0.